The molecule has 102 valence electrons. The zero-order valence-electron chi connectivity index (χ0n) is 11.3. The number of benzene rings is 1. The molecule has 2 aromatic heterocycles. The van der Waals surface area contributed by atoms with Crippen LogP contribution in [0.1, 0.15) is 4.88 Å². The second-order valence-corrected chi connectivity index (χ2v) is 5.76. The van der Waals surface area contributed by atoms with Gasteiger partial charge in [-0.15, -0.1) is 11.3 Å². The van der Waals surface area contributed by atoms with Crippen molar-refractivity contribution < 1.29 is 0 Å². The predicted octanol–water partition coefficient (Wildman–Crippen LogP) is 2.95. The van der Waals surface area contributed by atoms with Crippen molar-refractivity contribution in [1.82, 2.24) is 9.97 Å². The second-order valence-electron chi connectivity index (χ2n) is 4.72. The lowest BCUT2D eigenvalue weighted by atomic mass is 10.2. The number of nitrogen functional groups attached to an aromatic ring is 1. The molecule has 0 saturated carbocycles. The fourth-order valence-corrected chi connectivity index (χ4v) is 2.90. The molecule has 2 heterocycles. The standard InChI is InChI=1S/C15H16N4S/c1-19(7-6-12-3-2-8-20-12)15-13-5-4-11(16)9-14(13)17-10-18-15/h2-5,8-10H,6-7,16H2,1H3. The van der Waals surface area contributed by atoms with E-state index in [1.54, 1.807) is 17.7 Å². The number of fused-ring (bicyclic) bond motifs is 1. The third-order valence-corrected chi connectivity index (χ3v) is 4.21. The van der Waals surface area contributed by atoms with Crippen LogP contribution in [0.15, 0.2) is 42.0 Å². The van der Waals surface area contributed by atoms with Gasteiger partial charge in [-0.1, -0.05) is 6.07 Å². The number of aromatic nitrogens is 2. The predicted molar refractivity (Wildman–Crippen MR) is 85.2 cm³/mol. The number of hydrogen-bond donors (Lipinski definition) is 1. The quantitative estimate of drug-likeness (QED) is 0.748. The van der Waals surface area contributed by atoms with Crippen LogP contribution in [-0.2, 0) is 6.42 Å². The number of nitrogens with zero attached hydrogens (tertiary/aromatic N) is 3. The monoisotopic (exact) mass is 284 g/mol. The first-order valence-corrected chi connectivity index (χ1v) is 7.36. The Morgan fingerprint density at radius 1 is 1.25 bits per heavy atom. The Bertz CT molecular complexity index is 709. The lowest BCUT2D eigenvalue weighted by molar-refractivity contribution is 0.871. The molecule has 0 fully saturated rings. The molecule has 5 heteroatoms. The third kappa shape index (κ3) is 2.58. The molecule has 0 bridgehead atoms. The number of likely N-dealkylation sites (N-methyl/N-ethyl adjacent to an activating group) is 1. The van der Waals surface area contributed by atoms with Gasteiger partial charge in [0.25, 0.3) is 0 Å². The molecule has 0 aliphatic rings. The van der Waals surface area contributed by atoms with Crippen LogP contribution in [0.5, 0.6) is 0 Å². The highest BCUT2D eigenvalue weighted by Gasteiger charge is 2.09. The summed E-state index contributed by atoms with van der Waals surface area (Å²) in [5.74, 6) is 0.951. The van der Waals surface area contributed by atoms with Gasteiger partial charge in [-0.2, -0.15) is 0 Å². The van der Waals surface area contributed by atoms with Crippen LogP contribution in [0.3, 0.4) is 0 Å². The summed E-state index contributed by atoms with van der Waals surface area (Å²) < 4.78 is 0. The molecule has 20 heavy (non-hydrogen) atoms. The summed E-state index contributed by atoms with van der Waals surface area (Å²) in [4.78, 5) is 12.2. The van der Waals surface area contributed by atoms with Crippen molar-refractivity contribution in [3.05, 3.63) is 46.9 Å². The molecule has 2 N–H and O–H groups in total. The molecule has 4 nitrogen and oxygen atoms in total. The summed E-state index contributed by atoms with van der Waals surface area (Å²) in [6, 6.07) is 10.0. The molecule has 0 spiro atoms. The van der Waals surface area contributed by atoms with Crippen LogP contribution in [0.4, 0.5) is 11.5 Å². The molecule has 3 rings (SSSR count). The van der Waals surface area contributed by atoms with E-state index in [9.17, 15) is 0 Å². The van der Waals surface area contributed by atoms with Gasteiger partial charge in [0.05, 0.1) is 5.52 Å². The van der Waals surface area contributed by atoms with E-state index in [0.29, 0.717) is 0 Å². The van der Waals surface area contributed by atoms with Gasteiger partial charge in [0, 0.05) is 29.5 Å². The molecule has 0 atom stereocenters. The molecule has 0 unspecified atom stereocenters. The first-order valence-electron chi connectivity index (χ1n) is 6.48. The number of anilines is 2. The lowest BCUT2D eigenvalue weighted by Gasteiger charge is -2.19. The molecular weight excluding hydrogens is 268 g/mol. The average Bonchev–Trinajstić information content (AvgIpc) is 2.97. The van der Waals surface area contributed by atoms with Crippen molar-refractivity contribution in [3.8, 4) is 0 Å². The van der Waals surface area contributed by atoms with Crippen molar-refractivity contribution in [2.75, 3.05) is 24.2 Å². The minimum atomic E-state index is 0.725. The number of hydrogen-bond acceptors (Lipinski definition) is 5. The number of nitrogens with two attached hydrogens (primary N) is 1. The van der Waals surface area contributed by atoms with Crippen LogP contribution in [0, 0.1) is 0 Å². The Kier molecular flexibility index (Phi) is 3.52. The van der Waals surface area contributed by atoms with Crippen LogP contribution >= 0.6 is 11.3 Å². The van der Waals surface area contributed by atoms with Gasteiger partial charge in [0.15, 0.2) is 0 Å². The first-order chi connectivity index (χ1) is 9.74. The van der Waals surface area contributed by atoms with E-state index >= 15 is 0 Å². The zero-order valence-corrected chi connectivity index (χ0v) is 12.1. The van der Waals surface area contributed by atoms with E-state index in [0.717, 1.165) is 35.4 Å². The zero-order chi connectivity index (χ0) is 13.9. The van der Waals surface area contributed by atoms with E-state index < -0.39 is 0 Å². The van der Waals surface area contributed by atoms with Crippen LogP contribution in [-0.4, -0.2) is 23.6 Å². The number of thiophene rings is 1. The van der Waals surface area contributed by atoms with Crippen LogP contribution in [0.2, 0.25) is 0 Å². The van der Waals surface area contributed by atoms with E-state index in [2.05, 4.69) is 39.4 Å². The Morgan fingerprint density at radius 2 is 2.15 bits per heavy atom. The molecular formula is C15H16N4S. The Morgan fingerprint density at radius 3 is 2.95 bits per heavy atom. The second kappa shape index (κ2) is 5.46. The summed E-state index contributed by atoms with van der Waals surface area (Å²) >= 11 is 1.79. The summed E-state index contributed by atoms with van der Waals surface area (Å²) in [5.41, 5.74) is 7.41. The Labute approximate surface area is 121 Å². The molecule has 0 radical (unpaired) electrons. The maximum atomic E-state index is 5.80. The smallest absolute Gasteiger partial charge is 0.139 e. The van der Waals surface area contributed by atoms with Gasteiger partial charge < -0.3 is 10.6 Å². The highest BCUT2D eigenvalue weighted by Crippen LogP contribution is 2.24. The van der Waals surface area contributed by atoms with Gasteiger partial charge in [-0.05, 0) is 36.1 Å². The third-order valence-electron chi connectivity index (χ3n) is 3.27. The maximum absolute atomic E-state index is 5.80. The van der Waals surface area contributed by atoms with Crippen molar-refractivity contribution in [2.24, 2.45) is 0 Å². The van der Waals surface area contributed by atoms with Crippen molar-refractivity contribution in [2.45, 2.75) is 6.42 Å². The topological polar surface area (TPSA) is 55.0 Å². The van der Waals surface area contributed by atoms with Gasteiger partial charge >= 0.3 is 0 Å². The fourth-order valence-electron chi connectivity index (χ4n) is 2.20. The Hall–Kier alpha value is -2.14. The van der Waals surface area contributed by atoms with Crippen molar-refractivity contribution >= 4 is 33.7 Å². The molecule has 0 amide bonds. The van der Waals surface area contributed by atoms with E-state index in [4.69, 9.17) is 5.73 Å². The highest BCUT2D eigenvalue weighted by atomic mass is 32.1. The maximum Gasteiger partial charge on any atom is 0.139 e. The van der Waals surface area contributed by atoms with E-state index in [1.165, 1.54) is 4.88 Å². The summed E-state index contributed by atoms with van der Waals surface area (Å²) in [6.45, 7) is 0.928. The minimum absolute atomic E-state index is 0.725. The van der Waals surface area contributed by atoms with Gasteiger partial charge in [-0.3, -0.25) is 0 Å². The normalized spacial score (nSPS) is 10.8. The first kappa shape index (κ1) is 12.9. The molecule has 1 aromatic carbocycles. The molecule has 0 aliphatic heterocycles. The van der Waals surface area contributed by atoms with Gasteiger partial charge in [0.1, 0.15) is 12.1 Å². The van der Waals surface area contributed by atoms with Gasteiger partial charge in [-0.25, -0.2) is 9.97 Å². The van der Waals surface area contributed by atoms with E-state index in [-0.39, 0.29) is 0 Å². The minimum Gasteiger partial charge on any atom is -0.399 e. The van der Waals surface area contributed by atoms with Crippen molar-refractivity contribution in [1.29, 1.82) is 0 Å². The van der Waals surface area contributed by atoms with Crippen LogP contribution < -0.4 is 10.6 Å². The summed E-state index contributed by atoms with van der Waals surface area (Å²) in [5, 5.41) is 3.15. The summed E-state index contributed by atoms with van der Waals surface area (Å²) in [7, 11) is 2.06. The lowest BCUT2D eigenvalue weighted by Crippen LogP contribution is -2.21. The van der Waals surface area contributed by atoms with E-state index in [1.807, 2.05) is 18.2 Å². The molecule has 0 aliphatic carbocycles. The molecule has 0 saturated heterocycles. The highest BCUT2D eigenvalue weighted by molar-refractivity contribution is 7.09. The Balaban J connectivity index is 1.85. The van der Waals surface area contributed by atoms with Crippen LogP contribution in [0.25, 0.3) is 10.9 Å². The summed E-state index contributed by atoms with van der Waals surface area (Å²) in [6.07, 6.45) is 2.62. The SMILES string of the molecule is CN(CCc1cccs1)c1ncnc2cc(N)ccc12. The van der Waals surface area contributed by atoms with Gasteiger partial charge in [0.2, 0.25) is 0 Å². The number of rotatable bonds is 4. The average molecular weight is 284 g/mol. The molecule has 3 aromatic rings. The fraction of sp³-hybridized carbons (Fsp3) is 0.200. The largest absolute Gasteiger partial charge is 0.399 e. The van der Waals surface area contributed by atoms with Crippen molar-refractivity contribution in [3.63, 3.8) is 0 Å².